The summed E-state index contributed by atoms with van der Waals surface area (Å²) in [4.78, 5) is 39.9. The lowest BCUT2D eigenvalue weighted by Crippen LogP contribution is -2.45. The van der Waals surface area contributed by atoms with Crippen molar-refractivity contribution in [1.29, 1.82) is 0 Å². The molecule has 7 nitrogen and oxygen atoms in total. The van der Waals surface area contributed by atoms with Crippen LogP contribution in [0, 0.1) is 11.7 Å². The first kappa shape index (κ1) is 27.2. The van der Waals surface area contributed by atoms with E-state index in [0.717, 1.165) is 52.0 Å². The van der Waals surface area contributed by atoms with E-state index in [1.165, 1.54) is 12.1 Å². The van der Waals surface area contributed by atoms with Crippen LogP contribution in [0.1, 0.15) is 56.0 Å². The van der Waals surface area contributed by atoms with E-state index in [1.54, 1.807) is 35.5 Å². The van der Waals surface area contributed by atoms with Gasteiger partial charge in [0.05, 0.1) is 0 Å². The number of rotatable bonds is 4. The lowest BCUT2D eigenvalue weighted by atomic mass is 9.95. The number of piperidine rings is 1. The third-order valence-electron chi connectivity index (χ3n) is 7.78. The van der Waals surface area contributed by atoms with Gasteiger partial charge < -0.3 is 14.7 Å². The van der Waals surface area contributed by atoms with E-state index < -0.39 is 0 Å². The van der Waals surface area contributed by atoms with Crippen LogP contribution in [0.5, 0.6) is 0 Å². The monoisotopic (exact) mass is 509 g/mol. The van der Waals surface area contributed by atoms with Gasteiger partial charge in [0.1, 0.15) is 5.82 Å². The van der Waals surface area contributed by atoms with Crippen molar-refractivity contribution in [2.45, 2.75) is 52.6 Å². The fraction of sp³-hybridized carbons (Fsp3) is 0.552. The van der Waals surface area contributed by atoms with Gasteiger partial charge in [-0.15, -0.1) is 0 Å². The molecule has 0 saturated carbocycles. The number of pyridine rings is 1. The Labute approximate surface area is 220 Å². The van der Waals surface area contributed by atoms with Gasteiger partial charge in [-0.3, -0.25) is 19.5 Å². The average Bonchev–Trinajstić information content (AvgIpc) is 2.95. The van der Waals surface area contributed by atoms with Gasteiger partial charge in [-0.25, -0.2) is 4.39 Å². The molecule has 1 saturated heterocycles. The number of amides is 2. The van der Waals surface area contributed by atoms with E-state index in [2.05, 4.69) is 35.6 Å². The number of halogens is 1. The average molecular weight is 510 g/mol. The van der Waals surface area contributed by atoms with E-state index in [4.69, 9.17) is 0 Å². The summed E-state index contributed by atoms with van der Waals surface area (Å²) in [6.07, 6.45) is 5.68. The molecular weight excluding hydrogens is 469 g/mol. The smallest absolute Gasteiger partial charge is 0.258 e. The van der Waals surface area contributed by atoms with Crippen LogP contribution in [0.25, 0.3) is 0 Å². The van der Waals surface area contributed by atoms with E-state index in [9.17, 15) is 14.0 Å². The Morgan fingerprint density at radius 1 is 1.00 bits per heavy atom. The minimum atomic E-state index is -0.364. The predicted molar refractivity (Wildman–Crippen MR) is 144 cm³/mol. The Bertz CT molecular complexity index is 1060. The number of aromatic nitrogens is 1. The van der Waals surface area contributed by atoms with Crippen LogP contribution in [0.3, 0.4) is 0 Å². The first-order valence-electron chi connectivity index (χ1n) is 13.6. The quantitative estimate of drug-likeness (QED) is 0.623. The van der Waals surface area contributed by atoms with Crippen molar-refractivity contribution >= 4 is 17.5 Å². The van der Waals surface area contributed by atoms with E-state index >= 15 is 0 Å². The number of carbonyl (C=O) groups excluding carboxylic acids is 2. The Morgan fingerprint density at radius 2 is 1.73 bits per heavy atom. The standard InChI is InChI=1S/C29H40FN5O2/c1-4-32-16-10-24(11-17-32)28(36)34-19-18-33(22(2)3)14-5-15-35(29(37)23-8-12-31-13-9-23)27-7-6-26(30)20-25(27)21-34/h6-9,12-13,20,22,24H,4-5,10-11,14-19,21H2,1-3H3. The Kier molecular flexibility index (Phi) is 9.27. The number of fused-ring (bicyclic) bond motifs is 1. The highest BCUT2D eigenvalue weighted by Crippen LogP contribution is 2.28. The van der Waals surface area contributed by atoms with Gasteiger partial charge in [0, 0.05) is 68.3 Å². The van der Waals surface area contributed by atoms with E-state index in [1.807, 2.05) is 4.90 Å². The number of carbonyl (C=O) groups is 2. The molecule has 4 rings (SSSR count). The summed E-state index contributed by atoms with van der Waals surface area (Å²) in [5.41, 5.74) is 1.87. The van der Waals surface area contributed by atoms with Gasteiger partial charge in [0.15, 0.2) is 0 Å². The van der Waals surface area contributed by atoms with Gasteiger partial charge in [-0.1, -0.05) is 6.92 Å². The van der Waals surface area contributed by atoms with Crippen LogP contribution >= 0.6 is 0 Å². The van der Waals surface area contributed by atoms with E-state index in [0.29, 0.717) is 35.9 Å². The minimum absolute atomic E-state index is 0.0213. The molecule has 200 valence electrons. The minimum Gasteiger partial charge on any atom is -0.337 e. The highest BCUT2D eigenvalue weighted by molar-refractivity contribution is 6.06. The largest absolute Gasteiger partial charge is 0.337 e. The molecule has 0 bridgehead atoms. The van der Waals surface area contributed by atoms with Crippen molar-refractivity contribution in [3.05, 3.63) is 59.7 Å². The van der Waals surface area contributed by atoms with Crippen LogP contribution in [0.4, 0.5) is 10.1 Å². The zero-order valence-corrected chi connectivity index (χ0v) is 22.4. The van der Waals surface area contributed by atoms with Gasteiger partial charge in [-0.05, 0) is 88.6 Å². The number of hydrogen-bond donors (Lipinski definition) is 0. The molecule has 3 heterocycles. The number of hydrogen-bond acceptors (Lipinski definition) is 5. The summed E-state index contributed by atoms with van der Waals surface area (Å²) >= 11 is 0. The number of likely N-dealkylation sites (tertiary alicyclic amines) is 1. The summed E-state index contributed by atoms with van der Waals surface area (Å²) in [6.45, 7) is 12.3. The molecule has 0 unspecified atom stereocenters. The summed E-state index contributed by atoms with van der Waals surface area (Å²) in [5.74, 6) is -0.388. The molecule has 1 aromatic carbocycles. The summed E-state index contributed by atoms with van der Waals surface area (Å²) in [7, 11) is 0. The highest BCUT2D eigenvalue weighted by atomic mass is 19.1. The third kappa shape index (κ3) is 6.73. The predicted octanol–water partition coefficient (Wildman–Crippen LogP) is 4.04. The lowest BCUT2D eigenvalue weighted by molar-refractivity contribution is -0.138. The maximum atomic E-state index is 14.5. The Hall–Kier alpha value is -2.84. The molecule has 0 atom stereocenters. The molecule has 0 N–H and O–H groups in total. The third-order valence-corrected chi connectivity index (χ3v) is 7.78. The molecule has 0 radical (unpaired) electrons. The van der Waals surface area contributed by atoms with Crippen LogP contribution in [-0.4, -0.2) is 83.4 Å². The SMILES string of the molecule is CCN1CCC(C(=O)N2CCN(C(C)C)CCCN(C(=O)c3ccncc3)c3ccc(F)cc3C2)CC1. The van der Waals surface area contributed by atoms with Crippen molar-refractivity contribution in [3.63, 3.8) is 0 Å². The normalized spacial score (nSPS) is 18.9. The van der Waals surface area contributed by atoms with Crippen molar-refractivity contribution in [3.8, 4) is 0 Å². The first-order valence-corrected chi connectivity index (χ1v) is 13.6. The molecule has 0 aliphatic carbocycles. The van der Waals surface area contributed by atoms with Crippen molar-refractivity contribution in [2.24, 2.45) is 5.92 Å². The lowest BCUT2D eigenvalue weighted by Gasteiger charge is -2.35. The maximum absolute atomic E-state index is 14.5. The zero-order valence-electron chi connectivity index (χ0n) is 22.4. The van der Waals surface area contributed by atoms with Gasteiger partial charge >= 0.3 is 0 Å². The molecule has 2 aromatic rings. The van der Waals surface area contributed by atoms with Crippen LogP contribution < -0.4 is 4.90 Å². The maximum Gasteiger partial charge on any atom is 0.258 e. The fourth-order valence-electron chi connectivity index (χ4n) is 5.46. The Balaban J connectivity index is 1.68. The molecule has 2 aliphatic rings. The van der Waals surface area contributed by atoms with Crippen molar-refractivity contribution in [2.75, 3.05) is 50.7 Å². The fourth-order valence-corrected chi connectivity index (χ4v) is 5.46. The number of benzene rings is 1. The zero-order chi connectivity index (χ0) is 26.4. The number of anilines is 1. The molecule has 1 aromatic heterocycles. The van der Waals surface area contributed by atoms with Gasteiger partial charge in [0.25, 0.3) is 5.91 Å². The van der Waals surface area contributed by atoms with Crippen molar-refractivity contribution < 1.29 is 14.0 Å². The number of nitrogens with zero attached hydrogens (tertiary/aromatic N) is 5. The van der Waals surface area contributed by atoms with Gasteiger partial charge in [-0.2, -0.15) is 0 Å². The van der Waals surface area contributed by atoms with Gasteiger partial charge in [0.2, 0.25) is 5.91 Å². The molecule has 2 aliphatic heterocycles. The Morgan fingerprint density at radius 3 is 2.41 bits per heavy atom. The molecule has 2 amide bonds. The molecule has 37 heavy (non-hydrogen) atoms. The second kappa shape index (κ2) is 12.6. The van der Waals surface area contributed by atoms with Crippen LogP contribution in [0.15, 0.2) is 42.7 Å². The molecule has 1 fully saturated rings. The van der Waals surface area contributed by atoms with Crippen LogP contribution in [-0.2, 0) is 11.3 Å². The molecule has 8 heteroatoms. The van der Waals surface area contributed by atoms with Crippen LogP contribution in [0.2, 0.25) is 0 Å². The summed E-state index contributed by atoms with van der Waals surface area (Å²) < 4.78 is 14.5. The second-order valence-electron chi connectivity index (χ2n) is 10.4. The molecule has 0 spiro atoms. The summed E-state index contributed by atoms with van der Waals surface area (Å²) in [5, 5.41) is 0. The second-order valence-corrected chi connectivity index (χ2v) is 10.4. The van der Waals surface area contributed by atoms with E-state index in [-0.39, 0.29) is 30.1 Å². The molecular formula is C29H40FN5O2. The first-order chi connectivity index (χ1) is 17.9. The topological polar surface area (TPSA) is 60.0 Å². The van der Waals surface area contributed by atoms with Crippen molar-refractivity contribution in [1.82, 2.24) is 19.7 Å². The highest BCUT2D eigenvalue weighted by Gasteiger charge is 2.30. The summed E-state index contributed by atoms with van der Waals surface area (Å²) in [6, 6.07) is 8.29.